The lowest BCUT2D eigenvalue weighted by atomic mass is 10.1. The first kappa shape index (κ1) is 19.0. The molecule has 0 saturated carbocycles. The number of hydrogen-bond donors (Lipinski definition) is 2. The largest absolute Gasteiger partial charge is 0.490 e. The zero-order valence-electron chi connectivity index (χ0n) is 14.9. The van der Waals surface area contributed by atoms with E-state index in [0.717, 1.165) is 11.1 Å². The van der Waals surface area contributed by atoms with Crippen LogP contribution in [0, 0.1) is 6.92 Å². The summed E-state index contributed by atoms with van der Waals surface area (Å²) in [5.41, 5.74) is 2.65. The van der Waals surface area contributed by atoms with Gasteiger partial charge in [0.1, 0.15) is 18.1 Å². The first-order valence-corrected chi connectivity index (χ1v) is 8.19. The molecule has 2 aromatic rings. The minimum atomic E-state index is -0.400. The van der Waals surface area contributed by atoms with Crippen molar-refractivity contribution in [3.05, 3.63) is 78.0 Å². The summed E-state index contributed by atoms with van der Waals surface area (Å²) in [4.78, 5) is 24.1. The average molecular weight is 350 g/mol. The first-order valence-electron chi connectivity index (χ1n) is 8.19. The van der Waals surface area contributed by atoms with Gasteiger partial charge in [0.25, 0.3) is 5.91 Å². The van der Waals surface area contributed by atoms with Crippen LogP contribution in [0.1, 0.15) is 18.1 Å². The van der Waals surface area contributed by atoms with Gasteiger partial charge in [0, 0.05) is 12.6 Å². The third-order valence-electron chi connectivity index (χ3n) is 3.52. The van der Waals surface area contributed by atoms with Crippen molar-refractivity contribution in [3.8, 4) is 5.75 Å². The lowest BCUT2D eigenvalue weighted by Crippen LogP contribution is -2.29. The number of hydrogen-bond acceptors (Lipinski definition) is 3. The molecule has 5 nitrogen and oxygen atoms in total. The van der Waals surface area contributed by atoms with Crippen molar-refractivity contribution in [1.82, 2.24) is 5.32 Å². The fraction of sp³-hybridized carbons (Fsp3) is 0.143. The molecule has 0 saturated heterocycles. The van der Waals surface area contributed by atoms with Crippen LogP contribution in [0.4, 0.5) is 5.69 Å². The van der Waals surface area contributed by atoms with E-state index in [0.29, 0.717) is 18.0 Å². The van der Waals surface area contributed by atoms with Gasteiger partial charge in [-0.1, -0.05) is 36.9 Å². The molecule has 134 valence electrons. The molecule has 0 aliphatic rings. The van der Waals surface area contributed by atoms with E-state index in [1.807, 2.05) is 31.2 Å². The third kappa shape index (κ3) is 5.63. The van der Waals surface area contributed by atoms with Crippen LogP contribution < -0.4 is 15.4 Å². The normalized spacial score (nSPS) is 10.8. The number of anilines is 1. The van der Waals surface area contributed by atoms with E-state index in [9.17, 15) is 9.59 Å². The second-order valence-corrected chi connectivity index (χ2v) is 5.67. The van der Waals surface area contributed by atoms with Crippen LogP contribution >= 0.6 is 0 Å². The number of aryl methyl sites for hydroxylation is 1. The van der Waals surface area contributed by atoms with Crippen LogP contribution in [-0.2, 0) is 9.59 Å². The third-order valence-corrected chi connectivity index (χ3v) is 3.52. The number of ether oxygens (including phenoxy) is 1. The Balaban J connectivity index is 2.17. The van der Waals surface area contributed by atoms with E-state index in [-0.39, 0.29) is 11.6 Å². The highest BCUT2D eigenvalue weighted by molar-refractivity contribution is 6.08. The van der Waals surface area contributed by atoms with E-state index in [1.54, 1.807) is 36.4 Å². The first-order chi connectivity index (χ1) is 12.5. The Kier molecular flexibility index (Phi) is 6.74. The molecule has 0 radical (unpaired) electrons. The van der Waals surface area contributed by atoms with Crippen LogP contribution in [0.25, 0.3) is 6.08 Å². The monoisotopic (exact) mass is 350 g/mol. The van der Waals surface area contributed by atoms with Crippen molar-refractivity contribution in [2.75, 3.05) is 11.9 Å². The maximum atomic E-state index is 12.6. The molecule has 0 aliphatic heterocycles. The Morgan fingerprint density at radius 2 is 1.81 bits per heavy atom. The van der Waals surface area contributed by atoms with Gasteiger partial charge < -0.3 is 15.4 Å². The Morgan fingerprint density at radius 1 is 1.12 bits per heavy atom. The zero-order valence-corrected chi connectivity index (χ0v) is 14.9. The van der Waals surface area contributed by atoms with Gasteiger partial charge in [-0.05, 0) is 48.4 Å². The molecule has 2 aromatic carbocycles. The lowest BCUT2D eigenvalue weighted by molar-refractivity contribution is -0.120. The Labute approximate surface area is 153 Å². The van der Waals surface area contributed by atoms with Gasteiger partial charge in [-0.3, -0.25) is 9.59 Å². The van der Waals surface area contributed by atoms with E-state index in [2.05, 4.69) is 17.2 Å². The second-order valence-electron chi connectivity index (χ2n) is 5.67. The van der Waals surface area contributed by atoms with Gasteiger partial charge >= 0.3 is 0 Å². The van der Waals surface area contributed by atoms with Crippen molar-refractivity contribution in [1.29, 1.82) is 0 Å². The molecule has 0 heterocycles. The van der Waals surface area contributed by atoms with E-state index in [1.165, 1.54) is 6.92 Å². The molecule has 0 unspecified atom stereocenters. The van der Waals surface area contributed by atoms with Crippen molar-refractivity contribution >= 4 is 23.6 Å². The molecule has 0 fully saturated rings. The highest BCUT2D eigenvalue weighted by Gasteiger charge is 2.12. The molecule has 0 bridgehead atoms. The summed E-state index contributed by atoms with van der Waals surface area (Å²) in [5, 5.41) is 5.36. The predicted molar refractivity (Wildman–Crippen MR) is 104 cm³/mol. The average Bonchev–Trinajstić information content (AvgIpc) is 2.62. The topological polar surface area (TPSA) is 67.4 Å². The quantitative estimate of drug-likeness (QED) is 0.591. The summed E-state index contributed by atoms with van der Waals surface area (Å²) < 4.78 is 5.41. The number of carbonyl (C=O) groups is 2. The summed E-state index contributed by atoms with van der Waals surface area (Å²) in [7, 11) is 0. The van der Waals surface area contributed by atoms with E-state index < -0.39 is 5.91 Å². The van der Waals surface area contributed by atoms with E-state index in [4.69, 9.17) is 4.74 Å². The SMILES string of the molecule is C=CCOc1ccc(NC(=O)/C(=C\c2ccccc2C)NC(C)=O)cc1. The van der Waals surface area contributed by atoms with Gasteiger partial charge in [-0.2, -0.15) is 0 Å². The number of amides is 2. The summed E-state index contributed by atoms with van der Waals surface area (Å²) in [6.45, 7) is 7.32. The fourth-order valence-corrected chi connectivity index (χ4v) is 2.24. The van der Waals surface area contributed by atoms with Gasteiger partial charge in [0.05, 0.1) is 0 Å². The molecular weight excluding hydrogens is 328 g/mol. The van der Waals surface area contributed by atoms with Crippen LogP contribution in [-0.4, -0.2) is 18.4 Å². The smallest absolute Gasteiger partial charge is 0.272 e. The highest BCUT2D eigenvalue weighted by atomic mass is 16.5. The molecule has 0 atom stereocenters. The van der Waals surface area contributed by atoms with Gasteiger partial charge in [0.15, 0.2) is 0 Å². The zero-order chi connectivity index (χ0) is 18.9. The summed E-state index contributed by atoms with van der Waals surface area (Å²) in [5.74, 6) is -0.0307. The summed E-state index contributed by atoms with van der Waals surface area (Å²) in [6, 6.07) is 14.6. The lowest BCUT2D eigenvalue weighted by Gasteiger charge is -2.11. The number of benzene rings is 2. The number of rotatable bonds is 7. The molecular formula is C21H22N2O3. The molecule has 2 N–H and O–H groups in total. The number of carbonyl (C=O) groups excluding carboxylic acids is 2. The molecule has 26 heavy (non-hydrogen) atoms. The minimum Gasteiger partial charge on any atom is -0.490 e. The maximum absolute atomic E-state index is 12.6. The molecule has 2 amide bonds. The Hall–Kier alpha value is -3.34. The minimum absolute atomic E-state index is 0.179. The maximum Gasteiger partial charge on any atom is 0.272 e. The van der Waals surface area contributed by atoms with E-state index >= 15 is 0 Å². The van der Waals surface area contributed by atoms with Crippen molar-refractivity contribution in [2.24, 2.45) is 0 Å². The van der Waals surface area contributed by atoms with Crippen LogP contribution in [0.2, 0.25) is 0 Å². The molecule has 0 aromatic heterocycles. The van der Waals surface area contributed by atoms with Crippen molar-refractivity contribution < 1.29 is 14.3 Å². The fourth-order valence-electron chi connectivity index (χ4n) is 2.24. The van der Waals surface area contributed by atoms with Gasteiger partial charge in [0.2, 0.25) is 5.91 Å². The molecule has 2 rings (SSSR count). The molecule has 0 aliphatic carbocycles. The van der Waals surface area contributed by atoms with Crippen LogP contribution in [0.3, 0.4) is 0 Å². The standard InChI is InChI=1S/C21H22N2O3/c1-4-13-26-19-11-9-18(10-12-19)23-21(25)20(22-16(3)24)14-17-8-6-5-7-15(17)2/h4-12,14H,1,13H2,2-3H3,(H,22,24)(H,23,25)/b20-14+. The molecule has 0 spiro atoms. The molecule has 5 heteroatoms. The van der Waals surface area contributed by atoms with Gasteiger partial charge in [-0.25, -0.2) is 0 Å². The predicted octanol–water partition coefficient (Wildman–Crippen LogP) is 3.68. The summed E-state index contributed by atoms with van der Waals surface area (Å²) in [6.07, 6.45) is 3.32. The summed E-state index contributed by atoms with van der Waals surface area (Å²) >= 11 is 0. The number of nitrogens with one attached hydrogen (secondary N) is 2. The van der Waals surface area contributed by atoms with Gasteiger partial charge in [-0.15, -0.1) is 0 Å². The van der Waals surface area contributed by atoms with Crippen LogP contribution in [0.5, 0.6) is 5.75 Å². The Morgan fingerprint density at radius 3 is 2.42 bits per heavy atom. The highest BCUT2D eigenvalue weighted by Crippen LogP contribution is 2.17. The Bertz CT molecular complexity index is 823. The van der Waals surface area contributed by atoms with Crippen LogP contribution in [0.15, 0.2) is 66.9 Å². The van der Waals surface area contributed by atoms with Crippen molar-refractivity contribution in [2.45, 2.75) is 13.8 Å². The van der Waals surface area contributed by atoms with Crippen molar-refractivity contribution in [3.63, 3.8) is 0 Å². The second kappa shape index (κ2) is 9.22.